The van der Waals surface area contributed by atoms with Crippen LogP contribution < -0.4 is 9.64 Å². The van der Waals surface area contributed by atoms with Crippen molar-refractivity contribution >= 4 is 45.4 Å². The Morgan fingerprint density at radius 3 is 2.54 bits per heavy atom. The van der Waals surface area contributed by atoms with Crippen molar-refractivity contribution in [2.75, 3.05) is 37.7 Å². The summed E-state index contributed by atoms with van der Waals surface area (Å²) in [6.07, 6.45) is 0.903. The summed E-state index contributed by atoms with van der Waals surface area (Å²) in [5, 5.41) is 1.27. The number of nitrogens with zero attached hydrogens (tertiary/aromatic N) is 4. The number of amides is 1. The number of carbonyl (C=O) groups excluding carboxylic acids is 1. The van der Waals surface area contributed by atoms with Gasteiger partial charge in [-0.1, -0.05) is 12.1 Å². The third kappa shape index (κ3) is 3.52. The Balaban J connectivity index is 1.81. The molecule has 0 atom stereocenters. The number of aryl methyl sites for hydroxylation is 1. The van der Waals surface area contributed by atoms with Crippen molar-refractivity contribution in [1.82, 2.24) is 14.9 Å². The zero-order chi connectivity index (χ0) is 19.7. The fourth-order valence-electron chi connectivity index (χ4n) is 3.57. The summed E-state index contributed by atoms with van der Waals surface area (Å²) in [6, 6.07) is 8.12. The predicted octanol–water partition coefficient (Wildman–Crippen LogP) is 4.00. The van der Waals surface area contributed by atoms with Crippen LogP contribution in [-0.4, -0.2) is 54.1 Å². The zero-order valence-electron chi connectivity index (χ0n) is 15.8. The van der Waals surface area contributed by atoms with E-state index >= 15 is 0 Å². The van der Waals surface area contributed by atoms with Crippen molar-refractivity contribution in [1.29, 1.82) is 0 Å². The van der Waals surface area contributed by atoms with E-state index < -0.39 is 0 Å². The lowest BCUT2D eigenvalue weighted by Gasteiger charge is -2.33. The molecule has 0 N–H and O–H groups in total. The van der Waals surface area contributed by atoms with E-state index in [0.29, 0.717) is 19.7 Å². The maximum atomic E-state index is 11.0. The van der Waals surface area contributed by atoms with Gasteiger partial charge in [-0.3, -0.25) is 4.79 Å². The van der Waals surface area contributed by atoms with Crippen LogP contribution in [0.2, 0.25) is 5.28 Å². The highest BCUT2D eigenvalue weighted by Crippen LogP contribution is 2.42. The van der Waals surface area contributed by atoms with E-state index in [1.807, 2.05) is 19.1 Å². The number of hydrogen-bond donors (Lipinski definition) is 0. The van der Waals surface area contributed by atoms with Crippen LogP contribution in [0, 0.1) is 6.92 Å². The van der Waals surface area contributed by atoms with E-state index in [9.17, 15) is 4.79 Å². The Bertz CT molecular complexity index is 998. The van der Waals surface area contributed by atoms with Gasteiger partial charge in [0.25, 0.3) is 0 Å². The molecule has 1 aromatic carbocycles. The molecule has 146 valence electrons. The van der Waals surface area contributed by atoms with Gasteiger partial charge in [-0.25, -0.2) is 4.98 Å². The molecule has 3 heterocycles. The summed E-state index contributed by atoms with van der Waals surface area (Å²) in [5.74, 6) is 1.70. The highest BCUT2D eigenvalue weighted by molar-refractivity contribution is 7.19. The summed E-state index contributed by atoms with van der Waals surface area (Å²) in [4.78, 5) is 26.1. The summed E-state index contributed by atoms with van der Waals surface area (Å²) < 4.78 is 5.57. The number of halogens is 1. The van der Waals surface area contributed by atoms with Crippen LogP contribution in [0.1, 0.15) is 11.8 Å². The number of benzene rings is 1. The van der Waals surface area contributed by atoms with Gasteiger partial charge in [-0.15, -0.1) is 11.3 Å². The van der Waals surface area contributed by atoms with E-state index in [-0.39, 0.29) is 5.28 Å². The lowest BCUT2D eigenvalue weighted by atomic mass is 10.0. The minimum absolute atomic E-state index is 0.250. The summed E-state index contributed by atoms with van der Waals surface area (Å²) in [5.41, 5.74) is 2.23. The van der Waals surface area contributed by atoms with Gasteiger partial charge in [0, 0.05) is 36.6 Å². The van der Waals surface area contributed by atoms with E-state index in [0.717, 1.165) is 52.4 Å². The molecule has 0 radical (unpaired) electrons. The fourth-order valence-corrected chi connectivity index (χ4v) is 4.82. The maximum Gasteiger partial charge on any atom is 0.225 e. The number of piperazine rings is 1. The molecule has 0 aliphatic carbocycles. The highest BCUT2D eigenvalue weighted by Gasteiger charge is 2.24. The summed E-state index contributed by atoms with van der Waals surface area (Å²) in [6.45, 7) is 7.51. The van der Waals surface area contributed by atoms with Crippen molar-refractivity contribution in [3.05, 3.63) is 34.4 Å². The molecule has 1 saturated heterocycles. The molecule has 2 aromatic heterocycles. The summed E-state index contributed by atoms with van der Waals surface area (Å²) in [7, 11) is 0. The SMILES string of the molecule is CCOc1ccc(-c2c(C)sc3nc(Cl)nc(N4CCN(C=O)CC4)c23)cc1. The third-order valence-electron chi connectivity index (χ3n) is 4.90. The Morgan fingerprint density at radius 2 is 1.89 bits per heavy atom. The number of carbonyl (C=O) groups is 1. The standard InChI is InChI=1S/C20H21ClN4O2S/c1-3-27-15-6-4-14(5-7-15)16-13(2)28-19-17(16)18(22-20(21)23-19)25-10-8-24(12-26)9-11-25/h4-7,12H,3,8-11H2,1-2H3. The van der Waals surface area contributed by atoms with E-state index in [1.165, 1.54) is 4.88 Å². The molecular formula is C20H21ClN4O2S. The van der Waals surface area contributed by atoms with Crippen molar-refractivity contribution < 1.29 is 9.53 Å². The Morgan fingerprint density at radius 1 is 1.18 bits per heavy atom. The Kier molecular flexibility index (Phi) is 5.37. The molecule has 1 aliphatic heterocycles. The van der Waals surface area contributed by atoms with Gasteiger partial charge >= 0.3 is 0 Å². The first-order valence-corrected chi connectivity index (χ1v) is 10.4. The van der Waals surface area contributed by atoms with Crippen LogP contribution in [0.3, 0.4) is 0 Å². The first kappa shape index (κ1) is 19.0. The smallest absolute Gasteiger partial charge is 0.225 e. The number of thiophene rings is 1. The number of hydrogen-bond acceptors (Lipinski definition) is 6. The number of rotatable bonds is 5. The monoisotopic (exact) mass is 416 g/mol. The molecule has 1 aliphatic rings. The second kappa shape index (κ2) is 7.93. The van der Waals surface area contributed by atoms with Crippen LogP contribution in [0.5, 0.6) is 5.75 Å². The molecule has 6 nitrogen and oxygen atoms in total. The van der Waals surface area contributed by atoms with Crippen molar-refractivity contribution in [3.63, 3.8) is 0 Å². The van der Waals surface area contributed by atoms with E-state index in [4.69, 9.17) is 16.3 Å². The highest BCUT2D eigenvalue weighted by atomic mass is 35.5. The molecule has 0 saturated carbocycles. The fraction of sp³-hybridized carbons (Fsp3) is 0.350. The van der Waals surface area contributed by atoms with Gasteiger partial charge in [-0.2, -0.15) is 4.98 Å². The summed E-state index contributed by atoms with van der Waals surface area (Å²) >= 11 is 7.86. The predicted molar refractivity (Wildman–Crippen MR) is 114 cm³/mol. The molecule has 1 amide bonds. The number of fused-ring (bicyclic) bond motifs is 1. The molecular weight excluding hydrogens is 396 g/mol. The first-order chi connectivity index (χ1) is 13.6. The van der Waals surface area contributed by atoms with Crippen molar-refractivity contribution in [2.45, 2.75) is 13.8 Å². The molecule has 4 rings (SSSR count). The Labute approximate surface area is 172 Å². The van der Waals surface area contributed by atoms with E-state index in [2.05, 4.69) is 33.9 Å². The number of anilines is 1. The zero-order valence-corrected chi connectivity index (χ0v) is 17.4. The van der Waals surface area contributed by atoms with Gasteiger partial charge in [0.15, 0.2) is 0 Å². The molecule has 0 spiro atoms. The minimum Gasteiger partial charge on any atom is -0.494 e. The van der Waals surface area contributed by atoms with Gasteiger partial charge in [0.1, 0.15) is 16.4 Å². The molecule has 28 heavy (non-hydrogen) atoms. The topological polar surface area (TPSA) is 58.6 Å². The normalized spacial score (nSPS) is 14.5. The van der Waals surface area contributed by atoms with Crippen molar-refractivity contribution in [2.24, 2.45) is 0 Å². The van der Waals surface area contributed by atoms with Crippen molar-refractivity contribution in [3.8, 4) is 16.9 Å². The lowest BCUT2D eigenvalue weighted by Crippen LogP contribution is -2.46. The molecule has 1 fully saturated rings. The van der Waals surface area contributed by atoms with Gasteiger partial charge in [-0.05, 0) is 43.1 Å². The van der Waals surface area contributed by atoms with Gasteiger partial charge in [0.2, 0.25) is 11.7 Å². The van der Waals surface area contributed by atoms with Gasteiger partial charge in [0.05, 0.1) is 12.0 Å². The molecule has 0 bridgehead atoms. The quantitative estimate of drug-likeness (QED) is 0.464. The molecule has 0 unspecified atom stereocenters. The second-order valence-corrected chi connectivity index (χ2v) is 8.16. The average molecular weight is 417 g/mol. The Hall–Kier alpha value is -2.38. The van der Waals surface area contributed by atoms with E-state index in [1.54, 1.807) is 16.2 Å². The first-order valence-electron chi connectivity index (χ1n) is 9.25. The largest absolute Gasteiger partial charge is 0.494 e. The molecule has 3 aromatic rings. The number of aromatic nitrogens is 2. The minimum atomic E-state index is 0.250. The third-order valence-corrected chi connectivity index (χ3v) is 6.07. The van der Waals surface area contributed by atoms with Crippen LogP contribution in [0.25, 0.3) is 21.3 Å². The second-order valence-electron chi connectivity index (χ2n) is 6.62. The maximum absolute atomic E-state index is 11.0. The number of ether oxygens (including phenoxy) is 1. The lowest BCUT2D eigenvalue weighted by molar-refractivity contribution is -0.118. The van der Waals surface area contributed by atoms with Crippen LogP contribution in [0.4, 0.5) is 5.82 Å². The molecule has 8 heteroatoms. The van der Waals surface area contributed by atoms with Crippen LogP contribution >= 0.6 is 22.9 Å². The van der Waals surface area contributed by atoms with Crippen LogP contribution in [0.15, 0.2) is 24.3 Å². The average Bonchev–Trinajstić information content (AvgIpc) is 3.04. The van der Waals surface area contributed by atoms with Crippen LogP contribution in [-0.2, 0) is 4.79 Å². The van der Waals surface area contributed by atoms with Gasteiger partial charge < -0.3 is 14.5 Å².